The molecular formula is C16H26N2O3. The smallest absolute Gasteiger partial charge is 0.407 e. The van der Waals surface area contributed by atoms with Crippen LogP contribution in [0.25, 0.3) is 0 Å². The van der Waals surface area contributed by atoms with Gasteiger partial charge in [0, 0.05) is 0 Å². The van der Waals surface area contributed by atoms with Gasteiger partial charge in [-0.25, -0.2) is 4.79 Å². The molecule has 0 heterocycles. The molecule has 0 radical (unpaired) electrons. The fraction of sp³-hybridized carbons (Fsp3) is 0.562. The lowest BCUT2D eigenvalue weighted by molar-refractivity contribution is 0.0415. The SMILES string of the molecule is Cc1ccc(C(O)C(CCN)NC(=O)OC(C)(C)C)cc1. The summed E-state index contributed by atoms with van der Waals surface area (Å²) in [7, 11) is 0. The zero-order chi connectivity index (χ0) is 16.0. The van der Waals surface area contributed by atoms with Gasteiger partial charge >= 0.3 is 6.09 Å². The third-order valence-electron chi connectivity index (χ3n) is 2.98. The van der Waals surface area contributed by atoms with E-state index in [-0.39, 0.29) is 0 Å². The normalized spacial score (nSPS) is 14.4. The highest BCUT2D eigenvalue weighted by Crippen LogP contribution is 2.20. The van der Waals surface area contributed by atoms with Gasteiger partial charge in [0.2, 0.25) is 0 Å². The van der Waals surface area contributed by atoms with Gasteiger partial charge in [-0.1, -0.05) is 29.8 Å². The van der Waals surface area contributed by atoms with E-state index in [4.69, 9.17) is 10.5 Å². The Morgan fingerprint density at radius 1 is 1.33 bits per heavy atom. The quantitative estimate of drug-likeness (QED) is 0.777. The van der Waals surface area contributed by atoms with E-state index in [0.717, 1.165) is 11.1 Å². The number of rotatable bonds is 5. The monoisotopic (exact) mass is 294 g/mol. The summed E-state index contributed by atoms with van der Waals surface area (Å²) in [6.07, 6.45) is -0.900. The Balaban J connectivity index is 2.76. The first kappa shape index (κ1) is 17.5. The second-order valence-corrected chi connectivity index (χ2v) is 6.19. The number of hydrogen-bond acceptors (Lipinski definition) is 4. The Hall–Kier alpha value is -1.59. The van der Waals surface area contributed by atoms with Gasteiger partial charge in [0.1, 0.15) is 5.60 Å². The van der Waals surface area contributed by atoms with Crippen molar-refractivity contribution in [3.05, 3.63) is 35.4 Å². The molecule has 1 aromatic carbocycles. The zero-order valence-corrected chi connectivity index (χ0v) is 13.2. The molecule has 0 aliphatic heterocycles. The molecule has 0 saturated heterocycles. The predicted molar refractivity (Wildman–Crippen MR) is 83.0 cm³/mol. The molecule has 21 heavy (non-hydrogen) atoms. The van der Waals surface area contributed by atoms with Crippen LogP contribution in [0.15, 0.2) is 24.3 Å². The van der Waals surface area contributed by atoms with Crippen LogP contribution in [0.2, 0.25) is 0 Å². The van der Waals surface area contributed by atoms with Crippen LogP contribution >= 0.6 is 0 Å². The van der Waals surface area contributed by atoms with E-state index in [1.54, 1.807) is 20.8 Å². The van der Waals surface area contributed by atoms with Crippen LogP contribution in [0, 0.1) is 6.92 Å². The molecule has 1 amide bonds. The molecule has 118 valence electrons. The van der Waals surface area contributed by atoms with Crippen molar-refractivity contribution in [1.82, 2.24) is 5.32 Å². The standard InChI is InChI=1S/C16H26N2O3/c1-11-5-7-12(8-6-11)14(19)13(9-10-17)18-15(20)21-16(2,3)4/h5-8,13-14,19H,9-10,17H2,1-4H3,(H,18,20). The third kappa shape index (κ3) is 6.14. The lowest BCUT2D eigenvalue weighted by atomic mass is 9.99. The maximum Gasteiger partial charge on any atom is 0.407 e. The summed E-state index contributed by atoms with van der Waals surface area (Å²) >= 11 is 0. The molecule has 2 unspecified atom stereocenters. The van der Waals surface area contributed by atoms with Crippen molar-refractivity contribution >= 4 is 6.09 Å². The maximum atomic E-state index is 11.8. The van der Waals surface area contributed by atoms with Crippen molar-refractivity contribution in [3.8, 4) is 0 Å². The summed E-state index contributed by atoms with van der Waals surface area (Å²) < 4.78 is 5.22. The van der Waals surface area contributed by atoms with Crippen LogP contribution in [0.3, 0.4) is 0 Å². The molecule has 5 heteroatoms. The fourth-order valence-corrected chi connectivity index (χ4v) is 1.94. The first-order valence-electron chi connectivity index (χ1n) is 7.17. The fourth-order valence-electron chi connectivity index (χ4n) is 1.94. The number of nitrogens with two attached hydrogens (primary N) is 1. The van der Waals surface area contributed by atoms with Crippen molar-refractivity contribution in [2.45, 2.75) is 51.9 Å². The Labute approximate surface area is 126 Å². The number of aliphatic hydroxyl groups is 1. The molecule has 0 aliphatic rings. The van der Waals surface area contributed by atoms with E-state index < -0.39 is 23.8 Å². The molecule has 0 aliphatic carbocycles. The van der Waals surface area contributed by atoms with Gasteiger partial charge in [-0.2, -0.15) is 0 Å². The average Bonchev–Trinajstić information content (AvgIpc) is 2.36. The minimum atomic E-state index is -0.818. The van der Waals surface area contributed by atoms with Gasteiger partial charge in [-0.3, -0.25) is 0 Å². The number of alkyl carbamates (subject to hydrolysis) is 1. The molecule has 1 aromatic rings. The van der Waals surface area contributed by atoms with Crippen molar-refractivity contribution < 1.29 is 14.6 Å². The van der Waals surface area contributed by atoms with Crippen LogP contribution in [-0.2, 0) is 4.74 Å². The molecular weight excluding hydrogens is 268 g/mol. The number of aryl methyl sites for hydroxylation is 1. The largest absolute Gasteiger partial charge is 0.444 e. The zero-order valence-electron chi connectivity index (χ0n) is 13.2. The van der Waals surface area contributed by atoms with E-state index in [9.17, 15) is 9.90 Å². The highest BCUT2D eigenvalue weighted by Gasteiger charge is 2.25. The minimum absolute atomic E-state index is 0.364. The summed E-state index contributed by atoms with van der Waals surface area (Å²) in [6.45, 7) is 7.72. The van der Waals surface area contributed by atoms with E-state index in [0.29, 0.717) is 13.0 Å². The molecule has 5 nitrogen and oxygen atoms in total. The van der Waals surface area contributed by atoms with Gasteiger partial charge in [-0.15, -0.1) is 0 Å². The average molecular weight is 294 g/mol. The summed E-state index contributed by atoms with van der Waals surface area (Å²) in [4.78, 5) is 11.8. The number of benzene rings is 1. The number of amides is 1. The predicted octanol–water partition coefficient (Wildman–Crippen LogP) is 2.27. The van der Waals surface area contributed by atoms with Crippen LogP contribution in [0.1, 0.15) is 44.4 Å². The second-order valence-electron chi connectivity index (χ2n) is 6.19. The van der Waals surface area contributed by atoms with Gasteiger partial charge in [0.15, 0.2) is 0 Å². The van der Waals surface area contributed by atoms with E-state index >= 15 is 0 Å². The molecule has 0 aromatic heterocycles. The lowest BCUT2D eigenvalue weighted by Crippen LogP contribution is -2.43. The first-order chi connectivity index (χ1) is 9.73. The van der Waals surface area contributed by atoms with E-state index in [1.165, 1.54) is 0 Å². The molecule has 4 N–H and O–H groups in total. The van der Waals surface area contributed by atoms with Crippen LogP contribution < -0.4 is 11.1 Å². The Bertz CT molecular complexity index is 452. The third-order valence-corrected chi connectivity index (χ3v) is 2.98. The van der Waals surface area contributed by atoms with Crippen molar-refractivity contribution in [2.24, 2.45) is 5.73 Å². The Morgan fingerprint density at radius 2 is 1.90 bits per heavy atom. The molecule has 1 rings (SSSR count). The van der Waals surface area contributed by atoms with Gasteiger partial charge in [-0.05, 0) is 46.2 Å². The molecule has 0 fully saturated rings. The van der Waals surface area contributed by atoms with Crippen LogP contribution in [0.5, 0.6) is 0 Å². The Morgan fingerprint density at radius 3 is 2.38 bits per heavy atom. The molecule has 0 bridgehead atoms. The van der Waals surface area contributed by atoms with Crippen LogP contribution in [-0.4, -0.2) is 29.4 Å². The summed E-state index contributed by atoms with van der Waals surface area (Å²) in [5.41, 5.74) is 6.85. The van der Waals surface area contributed by atoms with Crippen molar-refractivity contribution in [1.29, 1.82) is 0 Å². The minimum Gasteiger partial charge on any atom is -0.444 e. The number of nitrogens with one attached hydrogen (secondary N) is 1. The van der Waals surface area contributed by atoms with Crippen LogP contribution in [0.4, 0.5) is 4.79 Å². The lowest BCUT2D eigenvalue weighted by Gasteiger charge is -2.26. The number of aliphatic hydroxyl groups excluding tert-OH is 1. The molecule has 0 saturated carbocycles. The van der Waals surface area contributed by atoms with E-state index in [1.807, 2.05) is 31.2 Å². The van der Waals surface area contributed by atoms with Gasteiger partial charge < -0.3 is 20.9 Å². The first-order valence-corrected chi connectivity index (χ1v) is 7.17. The number of hydrogen-bond donors (Lipinski definition) is 3. The number of carbonyl (C=O) groups is 1. The number of carbonyl (C=O) groups excluding carboxylic acids is 1. The maximum absolute atomic E-state index is 11.8. The molecule has 0 spiro atoms. The van der Waals surface area contributed by atoms with Crippen molar-refractivity contribution in [2.75, 3.05) is 6.54 Å². The second kappa shape index (κ2) is 7.43. The summed E-state index contributed by atoms with van der Waals surface area (Å²) in [5, 5.41) is 13.1. The highest BCUT2D eigenvalue weighted by atomic mass is 16.6. The molecule has 2 atom stereocenters. The highest BCUT2D eigenvalue weighted by molar-refractivity contribution is 5.68. The number of ether oxygens (including phenoxy) is 1. The Kier molecular flexibility index (Phi) is 6.18. The van der Waals surface area contributed by atoms with Crippen molar-refractivity contribution in [3.63, 3.8) is 0 Å². The van der Waals surface area contributed by atoms with E-state index in [2.05, 4.69) is 5.32 Å². The summed E-state index contributed by atoms with van der Waals surface area (Å²) in [5.74, 6) is 0. The topological polar surface area (TPSA) is 84.6 Å². The summed E-state index contributed by atoms with van der Waals surface area (Å²) in [6, 6.07) is 7.06. The van der Waals surface area contributed by atoms with Gasteiger partial charge in [0.25, 0.3) is 0 Å². The van der Waals surface area contributed by atoms with Gasteiger partial charge in [0.05, 0.1) is 12.1 Å².